The summed E-state index contributed by atoms with van der Waals surface area (Å²) < 4.78 is 5.16. The molecular weight excluding hydrogens is 418 g/mol. The lowest BCUT2D eigenvalue weighted by Crippen LogP contribution is -2.46. The third-order valence-corrected chi connectivity index (χ3v) is 6.27. The molecule has 0 N–H and O–H groups in total. The van der Waals surface area contributed by atoms with Crippen LogP contribution in [-0.2, 0) is 9.59 Å². The zero-order chi connectivity index (χ0) is 21.7. The van der Waals surface area contributed by atoms with Crippen LogP contribution < -0.4 is 9.64 Å². The Kier molecular flexibility index (Phi) is 4.63. The first-order valence-electron chi connectivity index (χ1n) is 9.82. The number of anilines is 1. The van der Waals surface area contributed by atoms with Gasteiger partial charge in [-0.3, -0.25) is 19.4 Å². The summed E-state index contributed by atoms with van der Waals surface area (Å²) >= 11 is 5.96. The van der Waals surface area contributed by atoms with Gasteiger partial charge in [-0.1, -0.05) is 17.7 Å². The first kappa shape index (κ1) is 19.5. The van der Waals surface area contributed by atoms with Crippen molar-refractivity contribution in [1.29, 1.82) is 0 Å². The van der Waals surface area contributed by atoms with E-state index in [4.69, 9.17) is 16.3 Å². The van der Waals surface area contributed by atoms with Crippen molar-refractivity contribution in [2.75, 3.05) is 12.0 Å². The number of hydrogen-bond donors (Lipinski definition) is 0. The van der Waals surface area contributed by atoms with Crippen molar-refractivity contribution in [3.63, 3.8) is 0 Å². The summed E-state index contributed by atoms with van der Waals surface area (Å²) in [4.78, 5) is 41.5. The molecule has 3 aliphatic heterocycles. The lowest BCUT2D eigenvalue weighted by Gasteiger charge is -2.30. The number of nitrogens with zero attached hydrogens (tertiary/aromatic N) is 3. The van der Waals surface area contributed by atoms with Gasteiger partial charge in [-0.2, -0.15) is 5.10 Å². The summed E-state index contributed by atoms with van der Waals surface area (Å²) in [6.07, 6.45) is 5.13. The van der Waals surface area contributed by atoms with Gasteiger partial charge in [-0.05, 0) is 54.6 Å². The molecule has 4 atom stereocenters. The largest absolute Gasteiger partial charge is 0.497 e. The molecule has 0 saturated carbocycles. The smallest absolute Gasteiger partial charge is 0.240 e. The van der Waals surface area contributed by atoms with E-state index >= 15 is 0 Å². The van der Waals surface area contributed by atoms with E-state index in [1.54, 1.807) is 72.9 Å². The van der Waals surface area contributed by atoms with Crippen molar-refractivity contribution in [3.8, 4) is 5.75 Å². The Morgan fingerprint density at radius 1 is 1.00 bits per heavy atom. The number of rotatable bonds is 4. The fourth-order valence-corrected chi connectivity index (χ4v) is 4.73. The lowest BCUT2D eigenvalue weighted by molar-refractivity contribution is -0.123. The lowest BCUT2D eigenvalue weighted by atomic mass is 9.86. The number of amides is 2. The van der Waals surface area contributed by atoms with E-state index in [1.165, 1.54) is 4.90 Å². The van der Waals surface area contributed by atoms with Gasteiger partial charge in [0.2, 0.25) is 11.8 Å². The Balaban J connectivity index is 1.55. The van der Waals surface area contributed by atoms with Crippen LogP contribution in [0.1, 0.15) is 10.4 Å². The monoisotopic (exact) mass is 435 g/mol. The van der Waals surface area contributed by atoms with Crippen LogP contribution >= 0.6 is 11.6 Å². The normalized spacial score (nSPS) is 26.3. The molecule has 0 unspecified atom stereocenters. The van der Waals surface area contributed by atoms with Crippen LogP contribution in [-0.4, -0.2) is 48.0 Å². The number of Topliss-reactive ketones (excluding diaryl/α,β-unsaturated/α-hetero) is 1. The predicted octanol–water partition coefficient (Wildman–Crippen LogP) is 2.95. The maximum Gasteiger partial charge on any atom is 0.240 e. The van der Waals surface area contributed by atoms with E-state index in [0.29, 0.717) is 22.0 Å². The number of ketones is 1. The first-order valence-corrected chi connectivity index (χ1v) is 10.2. The zero-order valence-corrected chi connectivity index (χ0v) is 17.3. The number of methoxy groups -OCH3 is 1. The minimum Gasteiger partial charge on any atom is -0.497 e. The summed E-state index contributed by atoms with van der Waals surface area (Å²) in [7, 11) is 1.55. The fraction of sp³-hybridized carbons (Fsp3) is 0.217. The topological polar surface area (TPSA) is 79.3 Å². The number of benzene rings is 2. The van der Waals surface area contributed by atoms with E-state index in [2.05, 4.69) is 5.10 Å². The van der Waals surface area contributed by atoms with Crippen LogP contribution in [0.15, 0.2) is 65.8 Å². The molecule has 156 valence electrons. The van der Waals surface area contributed by atoms with Crippen molar-refractivity contribution in [2.24, 2.45) is 16.9 Å². The third kappa shape index (κ3) is 2.96. The van der Waals surface area contributed by atoms with Gasteiger partial charge in [0.05, 0.1) is 30.7 Å². The van der Waals surface area contributed by atoms with Crippen LogP contribution in [0.4, 0.5) is 5.69 Å². The highest BCUT2D eigenvalue weighted by Gasteiger charge is 2.64. The first-order chi connectivity index (χ1) is 15.0. The molecule has 7 nitrogen and oxygen atoms in total. The maximum absolute atomic E-state index is 13.5. The van der Waals surface area contributed by atoms with E-state index in [0.717, 1.165) is 0 Å². The second kappa shape index (κ2) is 7.35. The molecule has 5 rings (SSSR count). The maximum atomic E-state index is 13.5. The molecule has 3 heterocycles. The van der Waals surface area contributed by atoms with Crippen molar-refractivity contribution in [3.05, 3.63) is 71.3 Å². The van der Waals surface area contributed by atoms with Gasteiger partial charge in [0.15, 0.2) is 5.78 Å². The number of allylic oxidation sites excluding steroid dienone is 1. The van der Waals surface area contributed by atoms with Gasteiger partial charge in [0, 0.05) is 16.8 Å². The van der Waals surface area contributed by atoms with Crippen LogP contribution in [0, 0.1) is 11.8 Å². The third-order valence-electron chi connectivity index (χ3n) is 6.02. The molecule has 0 aromatic heterocycles. The summed E-state index contributed by atoms with van der Waals surface area (Å²) in [5.41, 5.74) is 0.874. The number of hydrazone groups is 1. The zero-order valence-electron chi connectivity index (χ0n) is 16.5. The summed E-state index contributed by atoms with van der Waals surface area (Å²) in [6.45, 7) is 0. The Labute approximate surface area is 183 Å². The number of fused-ring (bicyclic) bond motifs is 3. The highest BCUT2D eigenvalue weighted by atomic mass is 35.5. The average Bonchev–Trinajstić information content (AvgIpc) is 3.27. The molecular formula is C23H18ClN3O4. The number of carbonyl (C=O) groups is 3. The average molecular weight is 436 g/mol. The number of imide groups is 1. The number of ether oxygens (including phenoxy) is 1. The van der Waals surface area contributed by atoms with Gasteiger partial charge in [0.1, 0.15) is 11.8 Å². The van der Waals surface area contributed by atoms with E-state index < -0.39 is 29.8 Å². The SMILES string of the molecule is COc1ccc(C(=O)[C@@H]2[C@@H]3C(=O)N(c4ccc(Cl)cc4)C(=O)[C@@H]3[C@H]3C=CC=NN32)cc1. The Morgan fingerprint density at radius 3 is 2.35 bits per heavy atom. The molecule has 2 saturated heterocycles. The number of hydrogen-bond acceptors (Lipinski definition) is 6. The van der Waals surface area contributed by atoms with Crippen molar-refractivity contribution < 1.29 is 19.1 Å². The number of carbonyl (C=O) groups excluding carboxylic acids is 3. The quantitative estimate of drug-likeness (QED) is 0.545. The molecule has 0 spiro atoms. The van der Waals surface area contributed by atoms with Crippen LogP contribution in [0.3, 0.4) is 0 Å². The second-order valence-corrected chi connectivity index (χ2v) is 8.03. The van der Waals surface area contributed by atoms with Crippen LogP contribution in [0.2, 0.25) is 5.02 Å². The van der Waals surface area contributed by atoms with E-state index in [1.807, 2.05) is 6.08 Å². The summed E-state index contributed by atoms with van der Waals surface area (Å²) in [5, 5.41) is 6.45. The second-order valence-electron chi connectivity index (χ2n) is 7.60. The van der Waals surface area contributed by atoms with Gasteiger partial charge in [0.25, 0.3) is 0 Å². The molecule has 2 amide bonds. The van der Waals surface area contributed by atoms with Crippen molar-refractivity contribution >= 4 is 41.1 Å². The molecule has 8 heteroatoms. The van der Waals surface area contributed by atoms with Crippen LogP contribution in [0.5, 0.6) is 5.75 Å². The molecule has 2 aromatic rings. The van der Waals surface area contributed by atoms with Crippen molar-refractivity contribution in [1.82, 2.24) is 5.01 Å². The molecule has 3 aliphatic rings. The molecule has 2 aromatic carbocycles. The summed E-state index contributed by atoms with van der Waals surface area (Å²) in [5.74, 6) is -1.89. The highest BCUT2D eigenvalue weighted by molar-refractivity contribution is 6.31. The van der Waals surface area contributed by atoms with Gasteiger partial charge >= 0.3 is 0 Å². The molecule has 2 fully saturated rings. The Bertz CT molecular complexity index is 1130. The number of halogens is 1. The fourth-order valence-electron chi connectivity index (χ4n) is 4.61. The molecule has 0 radical (unpaired) electrons. The van der Waals surface area contributed by atoms with E-state index in [9.17, 15) is 14.4 Å². The minimum atomic E-state index is -0.877. The van der Waals surface area contributed by atoms with Gasteiger partial charge in [-0.15, -0.1) is 0 Å². The Hall–Kier alpha value is -3.45. The minimum absolute atomic E-state index is 0.258. The van der Waals surface area contributed by atoms with Gasteiger partial charge < -0.3 is 4.74 Å². The predicted molar refractivity (Wildman–Crippen MR) is 115 cm³/mol. The van der Waals surface area contributed by atoms with Crippen LogP contribution in [0.25, 0.3) is 0 Å². The van der Waals surface area contributed by atoms with Crippen molar-refractivity contribution in [2.45, 2.75) is 12.1 Å². The standard InChI is InChI=1S/C23H18ClN3O4/c1-31-16-10-4-13(5-11-16)21(28)20-19-18(17-3-2-12-25-27(17)20)22(29)26(23(19)30)15-8-6-14(24)7-9-15/h2-12,17-20H,1H3/t17-,18-,19-,20+/m1/s1. The highest BCUT2D eigenvalue weighted by Crippen LogP contribution is 2.46. The van der Waals surface area contributed by atoms with Gasteiger partial charge in [-0.25, -0.2) is 4.90 Å². The molecule has 0 bridgehead atoms. The molecule has 0 aliphatic carbocycles. The Morgan fingerprint density at radius 2 is 1.68 bits per heavy atom. The van der Waals surface area contributed by atoms with E-state index in [-0.39, 0.29) is 11.7 Å². The summed E-state index contributed by atoms with van der Waals surface area (Å²) in [6, 6.07) is 11.9. The molecule has 31 heavy (non-hydrogen) atoms.